The summed E-state index contributed by atoms with van der Waals surface area (Å²) in [6.45, 7) is 3.91. The first-order valence-electron chi connectivity index (χ1n) is 9.61. The minimum Gasteiger partial charge on any atom is -0.369 e. The van der Waals surface area contributed by atoms with Gasteiger partial charge in [-0.1, -0.05) is 6.07 Å². The Labute approximate surface area is 169 Å². The smallest absolute Gasteiger partial charge is 0.369 e. The average Bonchev–Trinajstić information content (AvgIpc) is 3.05. The molecule has 0 aromatic heterocycles. The lowest BCUT2D eigenvalue weighted by atomic mass is 10.1. The quantitative estimate of drug-likeness (QED) is 0.726. The number of sulfone groups is 1. The van der Waals surface area contributed by atoms with Gasteiger partial charge in [0.15, 0.2) is 9.84 Å². The second-order valence-electron chi connectivity index (χ2n) is 7.75. The van der Waals surface area contributed by atoms with Gasteiger partial charge in [-0.25, -0.2) is 8.42 Å². The van der Waals surface area contributed by atoms with Crippen molar-refractivity contribution in [1.82, 2.24) is 9.80 Å². The molecule has 2 aliphatic rings. The summed E-state index contributed by atoms with van der Waals surface area (Å²) in [5.74, 6) is -0.00966. The number of nitrogens with zero attached hydrogens (tertiary/aromatic N) is 3. The van der Waals surface area contributed by atoms with Crippen molar-refractivity contribution >= 4 is 21.4 Å². The number of rotatable bonds is 4. The molecule has 0 aliphatic carbocycles. The van der Waals surface area contributed by atoms with Gasteiger partial charge in [0, 0.05) is 45.0 Å². The van der Waals surface area contributed by atoms with Crippen LogP contribution in [0.25, 0.3) is 0 Å². The van der Waals surface area contributed by atoms with Crippen molar-refractivity contribution in [2.24, 2.45) is 0 Å². The van der Waals surface area contributed by atoms with Crippen LogP contribution < -0.4 is 4.90 Å². The third-order valence-corrected chi connectivity index (χ3v) is 7.61. The van der Waals surface area contributed by atoms with Crippen molar-refractivity contribution in [1.29, 1.82) is 0 Å². The minimum absolute atomic E-state index is 0.00524. The molecular formula is C19H26F3N3O3S. The van der Waals surface area contributed by atoms with E-state index in [2.05, 4.69) is 0 Å². The monoisotopic (exact) mass is 433 g/mol. The number of benzene rings is 1. The van der Waals surface area contributed by atoms with Crippen LogP contribution in [0.5, 0.6) is 0 Å². The number of likely N-dealkylation sites (N-methyl/N-ethyl adjacent to an activating group) is 1. The number of amides is 1. The van der Waals surface area contributed by atoms with Crippen LogP contribution in [0.3, 0.4) is 0 Å². The number of anilines is 1. The molecule has 1 amide bonds. The zero-order chi connectivity index (χ0) is 21.4. The largest absolute Gasteiger partial charge is 0.416 e. The molecule has 10 heteroatoms. The maximum atomic E-state index is 12.9. The molecule has 2 saturated heterocycles. The summed E-state index contributed by atoms with van der Waals surface area (Å²) >= 11 is 0. The highest BCUT2D eigenvalue weighted by molar-refractivity contribution is 7.91. The van der Waals surface area contributed by atoms with Crippen LogP contribution in [-0.4, -0.2) is 80.9 Å². The zero-order valence-corrected chi connectivity index (χ0v) is 17.3. The van der Waals surface area contributed by atoms with Gasteiger partial charge in [-0.3, -0.25) is 9.69 Å². The first kappa shape index (κ1) is 21.9. The van der Waals surface area contributed by atoms with Crippen molar-refractivity contribution in [3.63, 3.8) is 0 Å². The third-order valence-electron chi connectivity index (χ3n) is 5.86. The topological polar surface area (TPSA) is 60.9 Å². The molecule has 0 N–H and O–H groups in total. The van der Waals surface area contributed by atoms with E-state index in [1.54, 1.807) is 20.0 Å². The van der Waals surface area contributed by atoms with Gasteiger partial charge in [0.1, 0.15) is 0 Å². The number of hydrogen-bond donors (Lipinski definition) is 0. The van der Waals surface area contributed by atoms with Crippen molar-refractivity contribution in [2.45, 2.75) is 31.6 Å². The maximum Gasteiger partial charge on any atom is 0.416 e. The van der Waals surface area contributed by atoms with E-state index < -0.39 is 27.6 Å². The van der Waals surface area contributed by atoms with Gasteiger partial charge in [-0.2, -0.15) is 13.2 Å². The molecule has 1 aromatic carbocycles. The highest BCUT2D eigenvalue weighted by Crippen LogP contribution is 2.32. The van der Waals surface area contributed by atoms with E-state index in [0.717, 1.165) is 12.1 Å². The normalized spacial score (nSPS) is 23.8. The molecule has 0 radical (unpaired) electrons. The molecule has 0 saturated carbocycles. The Morgan fingerprint density at radius 2 is 1.86 bits per heavy atom. The van der Waals surface area contributed by atoms with E-state index >= 15 is 0 Å². The van der Waals surface area contributed by atoms with Gasteiger partial charge >= 0.3 is 6.18 Å². The lowest BCUT2D eigenvalue weighted by Gasteiger charge is -2.40. The molecule has 162 valence electrons. The Morgan fingerprint density at radius 3 is 2.41 bits per heavy atom. The number of halogens is 3. The van der Waals surface area contributed by atoms with Gasteiger partial charge < -0.3 is 9.80 Å². The zero-order valence-electron chi connectivity index (χ0n) is 16.5. The molecule has 6 nitrogen and oxygen atoms in total. The van der Waals surface area contributed by atoms with Crippen LogP contribution in [0.2, 0.25) is 0 Å². The first-order valence-corrected chi connectivity index (χ1v) is 11.4. The summed E-state index contributed by atoms with van der Waals surface area (Å²) in [7, 11) is -1.43. The fourth-order valence-electron chi connectivity index (χ4n) is 3.96. The molecule has 2 unspecified atom stereocenters. The fourth-order valence-corrected chi connectivity index (χ4v) is 5.73. The summed E-state index contributed by atoms with van der Waals surface area (Å²) in [5, 5.41) is 0. The van der Waals surface area contributed by atoms with Gasteiger partial charge in [0.25, 0.3) is 0 Å². The van der Waals surface area contributed by atoms with Crippen molar-refractivity contribution in [3.8, 4) is 0 Å². The SMILES string of the molecule is CC(C(=O)N(C)C1CCS(=O)(=O)C1)N1CCN(c2cccc(C(F)(F)F)c2)CC1. The van der Waals surface area contributed by atoms with Gasteiger partial charge in [-0.05, 0) is 31.5 Å². The Bertz CT molecular complexity index is 852. The Balaban J connectivity index is 1.58. The molecule has 2 atom stereocenters. The second-order valence-corrected chi connectivity index (χ2v) is 9.98. The molecule has 2 aliphatic heterocycles. The minimum atomic E-state index is -4.38. The first-order chi connectivity index (χ1) is 13.5. The number of alkyl halides is 3. The summed E-state index contributed by atoms with van der Waals surface area (Å²) in [6, 6.07) is 4.57. The Hall–Kier alpha value is -1.81. The van der Waals surface area contributed by atoms with Gasteiger partial charge in [0.2, 0.25) is 5.91 Å². The van der Waals surface area contributed by atoms with Crippen LogP contribution in [0.15, 0.2) is 24.3 Å². The van der Waals surface area contributed by atoms with Crippen LogP contribution in [-0.2, 0) is 20.8 Å². The molecule has 3 rings (SSSR count). The molecular weight excluding hydrogens is 407 g/mol. The maximum absolute atomic E-state index is 12.9. The average molecular weight is 433 g/mol. The predicted octanol–water partition coefficient (Wildman–Crippen LogP) is 1.86. The summed E-state index contributed by atoms with van der Waals surface area (Å²) in [5.41, 5.74) is -0.152. The van der Waals surface area contributed by atoms with Crippen LogP contribution >= 0.6 is 0 Å². The number of piperazine rings is 1. The molecule has 1 aromatic rings. The number of carbonyl (C=O) groups excluding carboxylic acids is 1. The Kier molecular flexibility index (Phi) is 6.14. The molecule has 29 heavy (non-hydrogen) atoms. The molecule has 2 fully saturated rings. The molecule has 0 bridgehead atoms. The molecule has 2 heterocycles. The fraction of sp³-hybridized carbons (Fsp3) is 0.632. The van der Waals surface area contributed by atoms with E-state index in [1.807, 2.05) is 9.80 Å². The van der Waals surface area contributed by atoms with Crippen LogP contribution in [0, 0.1) is 0 Å². The predicted molar refractivity (Wildman–Crippen MR) is 105 cm³/mol. The van der Waals surface area contributed by atoms with Crippen molar-refractivity contribution < 1.29 is 26.4 Å². The highest BCUT2D eigenvalue weighted by Gasteiger charge is 2.36. The van der Waals surface area contributed by atoms with E-state index in [4.69, 9.17) is 0 Å². The van der Waals surface area contributed by atoms with Crippen LogP contribution in [0.1, 0.15) is 18.9 Å². The molecule has 0 spiro atoms. The Morgan fingerprint density at radius 1 is 1.21 bits per heavy atom. The van der Waals surface area contributed by atoms with E-state index in [9.17, 15) is 26.4 Å². The second kappa shape index (κ2) is 8.14. The third kappa shape index (κ3) is 5.03. The van der Waals surface area contributed by atoms with E-state index in [-0.39, 0.29) is 23.5 Å². The van der Waals surface area contributed by atoms with Gasteiger partial charge in [0.05, 0.1) is 23.1 Å². The van der Waals surface area contributed by atoms with Gasteiger partial charge in [-0.15, -0.1) is 0 Å². The summed E-state index contributed by atoms with van der Waals surface area (Å²) in [6.07, 6.45) is -3.92. The standard InChI is InChI=1S/C19H26F3N3O3S/c1-14(18(26)23(2)17-6-11-29(27,28)13-17)24-7-9-25(10-8-24)16-5-3-4-15(12-16)19(20,21)22/h3-5,12,14,17H,6-11,13H2,1-2H3. The number of carbonyl (C=O) groups is 1. The van der Waals surface area contributed by atoms with Crippen LogP contribution in [0.4, 0.5) is 18.9 Å². The lowest BCUT2D eigenvalue weighted by Crippen LogP contribution is -2.55. The lowest BCUT2D eigenvalue weighted by molar-refractivity contribution is -0.138. The van der Waals surface area contributed by atoms with Crippen molar-refractivity contribution in [3.05, 3.63) is 29.8 Å². The summed E-state index contributed by atoms with van der Waals surface area (Å²) < 4.78 is 62.2. The van der Waals surface area contributed by atoms with E-state index in [0.29, 0.717) is 38.3 Å². The number of hydrogen-bond acceptors (Lipinski definition) is 5. The van der Waals surface area contributed by atoms with E-state index in [1.165, 1.54) is 11.0 Å². The van der Waals surface area contributed by atoms with Crippen molar-refractivity contribution in [2.75, 3.05) is 49.6 Å². The summed E-state index contributed by atoms with van der Waals surface area (Å²) in [4.78, 5) is 18.2. The highest BCUT2D eigenvalue weighted by atomic mass is 32.2.